The Morgan fingerprint density at radius 3 is 2.64 bits per heavy atom. The first-order valence-electron chi connectivity index (χ1n) is 12.9. The van der Waals surface area contributed by atoms with Crippen molar-refractivity contribution >= 4 is 53.6 Å². The molecule has 0 unspecified atom stereocenters. The highest BCUT2D eigenvalue weighted by atomic mass is 32.1. The lowest BCUT2D eigenvalue weighted by Crippen LogP contribution is -2.32. The topological polar surface area (TPSA) is 90.6 Å². The largest absolute Gasteiger partial charge is 0.497 e. The van der Waals surface area contributed by atoms with Crippen molar-refractivity contribution in [3.8, 4) is 11.5 Å². The number of rotatable bonds is 4. The van der Waals surface area contributed by atoms with Gasteiger partial charge in [-0.1, -0.05) is 19.1 Å². The highest BCUT2D eigenvalue weighted by molar-refractivity contribution is 7.26. The van der Waals surface area contributed by atoms with Gasteiger partial charge in [0.05, 0.1) is 17.4 Å². The summed E-state index contributed by atoms with van der Waals surface area (Å²) in [5.41, 5.74) is 6.22. The molecule has 6 aromatic rings. The van der Waals surface area contributed by atoms with Crippen LogP contribution in [-0.2, 0) is 19.5 Å². The van der Waals surface area contributed by atoms with E-state index in [0.29, 0.717) is 25.4 Å². The van der Waals surface area contributed by atoms with E-state index in [0.717, 1.165) is 77.1 Å². The molecular formula is C30H26N4O4S. The van der Waals surface area contributed by atoms with Crippen LogP contribution >= 0.6 is 11.3 Å². The van der Waals surface area contributed by atoms with Crippen molar-refractivity contribution in [1.29, 1.82) is 0 Å². The summed E-state index contributed by atoms with van der Waals surface area (Å²) in [6.07, 6.45) is 0.783. The molecule has 39 heavy (non-hydrogen) atoms. The minimum Gasteiger partial charge on any atom is -0.497 e. The van der Waals surface area contributed by atoms with Gasteiger partial charge in [-0.2, -0.15) is 0 Å². The van der Waals surface area contributed by atoms with Gasteiger partial charge >= 0.3 is 5.63 Å². The van der Waals surface area contributed by atoms with E-state index in [1.807, 2.05) is 19.1 Å². The maximum Gasteiger partial charge on any atom is 0.365 e. The summed E-state index contributed by atoms with van der Waals surface area (Å²) < 4.78 is 18.5. The van der Waals surface area contributed by atoms with E-state index >= 15 is 0 Å². The van der Waals surface area contributed by atoms with E-state index in [9.17, 15) is 4.79 Å². The molecule has 1 aliphatic heterocycles. The Labute approximate surface area is 227 Å². The molecule has 5 heterocycles. The van der Waals surface area contributed by atoms with Crippen LogP contribution in [0.15, 0.2) is 45.6 Å². The van der Waals surface area contributed by atoms with E-state index < -0.39 is 5.63 Å². The van der Waals surface area contributed by atoms with E-state index in [1.54, 1.807) is 18.4 Å². The maximum absolute atomic E-state index is 13.3. The average Bonchev–Trinajstić information content (AvgIpc) is 3.32. The van der Waals surface area contributed by atoms with Gasteiger partial charge < -0.3 is 13.9 Å². The van der Waals surface area contributed by atoms with Crippen molar-refractivity contribution in [3.05, 3.63) is 74.8 Å². The van der Waals surface area contributed by atoms with Gasteiger partial charge in [0.1, 0.15) is 34.2 Å². The number of pyridine rings is 1. The predicted octanol–water partition coefficient (Wildman–Crippen LogP) is 6.04. The summed E-state index contributed by atoms with van der Waals surface area (Å²) in [5, 5.41) is 11.5. The Hall–Kier alpha value is -4.08. The third kappa shape index (κ3) is 3.76. The lowest BCUT2D eigenvalue weighted by atomic mass is 9.98. The molecule has 8 nitrogen and oxygen atoms in total. The number of nitrogens with zero attached hydrogens (tertiary/aromatic N) is 4. The summed E-state index contributed by atoms with van der Waals surface area (Å²) in [6.45, 7) is 7.89. The smallest absolute Gasteiger partial charge is 0.365 e. The molecule has 0 radical (unpaired) electrons. The van der Waals surface area contributed by atoms with Gasteiger partial charge in [-0.25, -0.2) is 9.78 Å². The lowest BCUT2D eigenvalue weighted by molar-refractivity contribution is 0.0880. The summed E-state index contributed by atoms with van der Waals surface area (Å²) in [4.78, 5) is 21.2. The summed E-state index contributed by atoms with van der Waals surface area (Å²) in [7, 11) is 1.66. The Bertz CT molecular complexity index is 2000. The Morgan fingerprint density at radius 1 is 1.08 bits per heavy atom. The van der Waals surface area contributed by atoms with Crippen LogP contribution in [0.1, 0.15) is 34.9 Å². The normalized spacial score (nSPS) is 13.8. The fraction of sp³-hybridized carbons (Fsp3) is 0.267. The zero-order valence-corrected chi connectivity index (χ0v) is 22.9. The monoisotopic (exact) mass is 538 g/mol. The van der Waals surface area contributed by atoms with Crippen molar-refractivity contribution in [3.63, 3.8) is 0 Å². The summed E-state index contributed by atoms with van der Waals surface area (Å²) in [5.74, 6) is 1.63. The second-order valence-corrected chi connectivity index (χ2v) is 11.0. The van der Waals surface area contributed by atoms with Gasteiger partial charge in [0.2, 0.25) is 0 Å². The predicted molar refractivity (Wildman–Crippen MR) is 153 cm³/mol. The summed E-state index contributed by atoms with van der Waals surface area (Å²) in [6, 6.07) is 12.2. The number of benzene rings is 2. The second-order valence-electron chi connectivity index (χ2n) is 10.0. The lowest BCUT2D eigenvalue weighted by Gasteiger charge is -2.30. The van der Waals surface area contributed by atoms with E-state index in [1.165, 1.54) is 0 Å². The molecule has 0 N–H and O–H groups in total. The third-order valence-electron chi connectivity index (χ3n) is 7.46. The molecule has 0 bridgehead atoms. The molecule has 0 fully saturated rings. The fourth-order valence-corrected chi connectivity index (χ4v) is 6.94. The van der Waals surface area contributed by atoms with Crippen LogP contribution in [0, 0.1) is 13.8 Å². The number of thiophene rings is 1. The van der Waals surface area contributed by atoms with Crippen molar-refractivity contribution < 1.29 is 13.9 Å². The van der Waals surface area contributed by atoms with Crippen LogP contribution in [0.3, 0.4) is 0 Å². The Balaban J connectivity index is 1.46. The van der Waals surface area contributed by atoms with Crippen molar-refractivity contribution in [2.75, 3.05) is 13.8 Å². The molecule has 0 saturated heterocycles. The zero-order chi connectivity index (χ0) is 26.8. The van der Waals surface area contributed by atoms with Crippen molar-refractivity contribution in [1.82, 2.24) is 20.1 Å². The Morgan fingerprint density at radius 2 is 1.87 bits per heavy atom. The van der Waals surface area contributed by atoms with E-state index in [-0.39, 0.29) is 5.52 Å². The quantitative estimate of drug-likeness (QED) is 0.198. The molecule has 9 heteroatoms. The van der Waals surface area contributed by atoms with Crippen LogP contribution in [0.25, 0.3) is 42.3 Å². The van der Waals surface area contributed by atoms with Crippen LogP contribution in [0.5, 0.6) is 11.5 Å². The number of aromatic nitrogens is 3. The third-order valence-corrected chi connectivity index (χ3v) is 8.55. The molecule has 0 spiro atoms. The summed E-state index contributed by atoms with van der Waals surface area (Å²) >= 11 is 1.55. The molecule has 7 rings (SSSR count). The number of methoxy groups -OCH3 is 1. The van der Waals surface area contributed by atoms with Gasteiger partial charge in [0.25, 0.3) is 0 Å². The van der Waals surface area contributed by atoms with Crippen LogP contribution in [0.4, 0.5) is 0 Å². The van der Waals surface area contributed by atoms with Gasteiger partial charge in [-0.15, -0.1) is 21.5 Å². The standard InChI is InChI=1S/C30H26N4O4S/c1-5-18-11-20-23-25(33-32-24-22-15(2)10-16(3)31-29(22)39-28(23)24)30(35)38-27(20)21-13-34(14-37-26(18)21)12-17-6-8-19(36-4)9-7-17/h6-11H,5,12-14H2,1-4H3. The fourth-order valence-electron chi connectivity index (χ4n) is 5.65. The molecule has 0 amide bonds. The van der Waals surface area contributed by atoms with E-state index in [2.05, 4.69) is 53.2 Å². The van der Waals surface area contributed by atoms with Crippen LogP contribution in [-0.4, -0.2) is 33.9 Å². The van der Waals surface area contributed by atoms with Gasteiger partial charge in [0, 0.05) is 34.9 Å². The number of aryl methyl sites for hydroxylation is 3. The molecule has 0 atom stereocenters. The Kier molecular flexibility index (Phi) is 5.54. The maximum atomic E-state index is 13.3. The first kappa shape index (κ1) is 24.0. The molecule has 0 aliphatic carbocycles. The highest BCUT2D eigenvalue weighted by Gasteiger charge is 2.27. The SMILES string of the molecule is CCc1cc2c(oc(=O)c3nnc4c(sc5nc(C)cc(C)c54)c32)c2c1OCN(Cc1ccc(OC)cc1)C2. The van der Waals surface area contributed by atoms with Crippen LogP contribution < -0.4 is 15.1 Å². The molecular weight excluding hydrogens is 512 g/mol. The van der Waals surface area contributed by atoms with Crippen molar-refractivity contribution in [2.45, 2.75) is 40.3 Å². The molecule has 0 saturated carbocycles. The molecule has 196 valence electrons. The number of fused-ring (bicyclic) bond motifs is 9. The molecule has 2 aromatic carbocycles. The number of hydrogen-bond donors (Lipinski definition) is 0. The number of ether oxygens (including phenoxy) is 2. The first-order chi connectivity index (χ1) is 18.9. The van der Waals surface area contributed by atoms with Gasteiger partial charge in [-0.3, -0.25) is 4.90 Å². The first-order valence-corrected chi connectivity index (χ1v) is 13.7. The minimum atomic E-state index is -0.496. The number of hydrogen-bond acceptors (Lipinski definition) is 9. The zero-order valence-electron chi connectivity index (χ0n) is 22.1. The van der Waals surface area contributed by atoms with Crippen molar-refractivity contribution in [2.24, 2.45) is 0 Å². The second kappa shape index (κ2) is 9.00. The van der Waals surface area contributed by atoms with Gasteiger partial charge in [0.15, 0.2) is 5.52 Å². The molecule has 4 aromatic heterocycles. The van der Waals surface area contributed by atoms with Crippen LogP contribution in [0.2, 0.25) is 0 Å². The average molecular weight is 539 g/mol. The molecule has 1 aliphatic rings. The minimum absolute atomic E-state index is 0.241. The van der Waals surface area contributed by atoms with E-state index in [4.69, 9.17) is 18.9 Å². The highest BCUT2D eigenvalue weighted by Crippen LogP contribution is 2.43. The van der Waals surface area contributed by atoms with Gasteiger partial charge in [-0.05, 0) is 61.2 Å².